The summed E-state index contributed by atoms with van der Waals surface area (Å²) in [5, 5.41) is 3.53. The van der Waals surface area contributed by atoms with E-state index in [1.54, 1.807) is 43.3 Å². The molecule has 1 atom stereocenters. The van der Waals surface area contributed by atoms with Crippen LogP contribution in [0, 0.1) is 6.92 Å². The number of nitrogens with one attached hydrogen (secondary N) is 1. The van der Waals surface area contributed by atoms with E-state index in [0.29, 0.717) is 34.3 Å². The van der Waals surface area contributed by atoms with Gasteiger partial charge in [-0.25, -0.2) is 8.42 Å². The molecule has 7 nitrogen and oxygen atoms in total. The van der Waals surface area contributed by atoms with Gasteiger partial charge in [-0.05, 0) is 49.6 Å². The van der Waals surface area contributed by atoms with Crippen LogP contribution < -0.4 is 9.62 Å². The number of hydrogen-bond acceptors (Lipinski definition) is 4. The average molecular weight is 529 g/mol. The Morgan fingerprint density at radius 2 is 1.68 bits per heavy atom. The van der Waals surface area contributed by atoms with Gasteiger partial charge in [0, 0.05) is 28.7 Å². The van der Waals surface area contributed by atoms with Crippen LogP contribution in [0.4, 0.5) is 5.69 Å². The lowest BCUT2D eigenvalue weighted by Crippen LogP contribution is -2.52. The smallest absolute Gasteiger partial charge is 0.244 e. The summed E-state index contributed by atoms with van der Waals surface area (Å²) in [5.74, 6) is -0.858. The fraction of sp³-hybridized carbons (Fsp3) is 0.417. The molecule has 0 unspecified atom stereocenters. The number of halogens is 2. The summed E-state index contributed by atoms with van der Waals surface area (Å²) < 4.78 is 26.3. The lowest BCUT2D eigenvalue weighted by Gasteiger charge is -2.33. The molecular weight excluding hydrogens is 497 g/mol. The predicted octanol–water partition coefficient (Wildman–Crippen LogP) is 4.40. The standard InChI is InChI=1S/C24H31Cl2N3O4S/c1-5-13-27-24(31)22(6-2)28(15-19-20(25)11-8-12-21(19)26)23(30)16-29(34(4,32)33)18-10-7-9-17(3)14-18/h7-12,14,22H,5-6,13,15-16H2,1-4H3,(H,27,31)/t22-/m0/s1. The number of anilines is 1. The summed E-state index contributed by atoms with van der Waals surface area (Å²) in [5.41, 5.74) is 1.71. The van der Waals surface area contributed by atoms with Crippen molar-refractivity contribution in [2.75, 3.05) is 23.7 Å². The highest BCUT2D eigenvalue weighted by molar-refractivity contribution is 7.92. The number of carbonyl (C=O) groups excluding carboxylic acids is 2. The van der Waals surface area contributed by atoms with Crippen molar-refractivity contribution in [2.45, 2.75) is 46.2 Å². The fourth-order valence-electron chi connectivity index (χ4n) is 3.54. The fourth-order valence-corrected chi connectivity index (χ4v) is 4.89. The Kier molecular flexibility index (Phi) is 10.2. The Morgan fingerprint density at radius 3 is 2.21 bits per heavy atom. The predicted molar refractivity (Wildman–Crippen MR) is 138 cm³/mol. The van der Waals surface area contributed by atoms with Gasteiger partial charge in [-0.3, -0.25) is 13.9 Å². The van der Waals surface area contributed by atoms with Crippen LogP contribution in [-0.4, -0.2) is 50.5 Å². The second kappa shape index (κ2) is 12.4. The Hall–Kier alpha value is -2.29. The molecule has 0 aliphatic carbocycles. The summed E-state index contributed by atoms with van der Waals surface area (Å²) in [7, 11) is -3.79. The van der Waals surface area contributed by atoms with Crippen LogP contribution in [0.25, 0.3) is 0 Å². The maximum atomic E-state index is 13.6. The first-order chi connectivity index (χ1) is 16.0. The SMILES string of the molecule is CCCNC(=O)[C@H](CC)N(Cc1c(Cl)cccc1Cl)C(=O)CN(c1cccc(C)c1)S(C)(=O)=O. The molecular formula is C24H31Cl2N3O4S. The van der Waals surface area contributed by atoms with E-state index in [9.17, 15) is 18.0 Å². The molecule has 2 aromatic rings. The Bertz CT molecular complexity index is 1100. The number of aryl methyl sites for hydroxylation is 1. The van der Waals surface area contributed by atoms with E-state index in [0.717, 1.165) is 22.5 Å². The minimum Gasteiger partial charge on any atom is -0.354 e. The molecule has 0 aliphatic rings. The molecule has 2 rings (SSSR count). The molecule has 2 amide bonds. The van der Waals surface area contributed by atoms with Gasteiger partial charge in [-0.15, -0.1) is 0 Å². The van der Waals surface area contributed by atoms with Crippen LogP contribution in [0.2, 0.25) is 10.0 Å². The first-order valence-electron chi connectivity index (χ1n) is 11.0. The second-order valence-corrected chi connectivity index (χ2v) is 10.8. The van der Waals surface area contributed by atoms with E-state index < -0.39 is 28.5 Å². The third-order valence-corrected chi connectivity index (χ3v) is 7.14. The van der Waals surface area contributed by atoms with Crippen LogP contribution in [0.1, 0.15) is 37.8 Å². The summed E-state index contributed by atoms with van der Waals surface area (Å²) in [6.45, 7) is 5.51. The molecule has 0 saturated heterocycles. The van der Waals surface area contributed by atoms with Gasteiger partial charge in [-0.1, -0.05) is 55.2 Å². The Balaban J connectivity index is 2.48. The zero-order valence-electron chi connectivity index (χ0n) is 19.8. The number of amides is 2. The molecule has 2 aromatic carbocycles. The molecule has 34 heavy (non-hydrogen) atoms. The minimum absolute atomic E-state index is 0.0409. The molecule has 1 N–H and O–H groups in total. The van der Waals surface area contributed by atoms with E-state index in [1.807, 2.05) is 19.9 Å². The van der Waals surface area contributed by atoms with E-state index in [1.165, 1.54) is 4.90 Å². The van der Waals surface area contributed by atoms with Crippen LogP contribution >= 0.6 is 23.2 Å². The van der Waals surface area contributed by atoms with Crippen molar-refractivity contribution in [1.29, 1.82) is 0 Å². The van der Waals surface area contributed by atoms with Gasteiger partial charge in [0.2, 0.25) is 21.8 Å². The monoisotopic (exact) mass is 527 g/mol. The first-order valence-corrected chi connectivity index (χ1v) is 13.6. The lowest BCUT2D eigenvalue weighted by molar-refractivity contribution is -0.140. The maximum absolute atomic E-state index is 13.6. The molecule has 0 saturated carbocycles. The van der Waals surface area contributed by atoms with Gasteiger partial charge in [0.15, 0.2) is 0 Å². The van der Waals surface area contributed by atoms with Gasteiger partial charge in [0.25, 0.3) is 0 Å². The van der Waals surface area contributed by atoms with Gasteiger partial charge < -0.3 is 10.2 Å². The van der Waals surface area contributed by atoms with Crippen LogP contribution in [0.3, 0.4) is 0 Å². The third kappa shape index (κ3) is 7.35. The third-order valence-electron chi connectivity index (χ3n) is 5.29. The van der Waals surface area contributed by atoms with E-state index in [-0.39, 0.29) is 12.5 Å². The number of hydrogen-bond donors (Lipinski definition) is 1. The number of carbonyl (C=O) groups is 2. The Morgan fingerprint density at radius 1 is 1.06 bits per heavy atom. The van der Waals surface area contributed by atoms with Gasteiger partial charge in [0.1, 0.15) is 12.6 Å². The van der Waals surface area contributed by atoms with Crippen LogP contribution in [0.5, 0.6) is 0 Å². The van der Waals surface area contributed by atoms with Gasteiger partial charge in [0.05, 0.1) is 11.9 Å². The second-order valence-electron chi connectivity index (χ2n) is 8.05. The summed E-state index contributed by atoms with van der Waals surface area (Å²) in [6, 6.07) is 11.0. The number of rotatable bonds is 11. The highest BCUT2D eigenvalue weighted by Crippen LogP contribution is 2.27. The molecule has 186 valence electrons. The molecule has 0 radical (unpaired) electrons. The molecule has 10 heteroatoms. The average Bonchev–Trinajstić information content (AvgIpc) is 2.76. The lowest BCUT2D eigenvalue weighted by atomic mass is 10.1. The van der Waals surface area contributed by atoms with Crippen LogP contribution in [0.15, 0.2) is 42.5 Å². The molecule has 0 spiro atoms. The molecule has 0 heterocycles. The van der Waals surface area contributed by atoms with Crippen molar-refractivity contribution in [3.63, 3.8) is 0 Å². The number of benzene rings is 2. The molecule has 0 fully saturated rings. The Labute approximate surface area is 212 Å². The van der Waals surface area contributed by atoms with Crippen LogP contribution in [-0.2, 0) is 26.2 Å². The first kappa shape index (κ1) is 28.0. The van der Waals surface area contributed by atoms with Gasteiger partial charge in [-0.2, -0.15) is 0 Å². The van der Waals surface area contributed by atoms with Crippen molar-refractivity contribution in [3.8, 4) is 0 Å². The molecule has 0 aliphatic heterocycles. The van der Waals surface area contributed by atoms with E-state index >= 15 is 0 Å². The normalized spacial score (nSPS) is 12.2. The highest BCUT2D eigenvalue weighted by atomic mass is 35.5. The summed E-state index contributed by atoms with van der Waals surface area (Å²) in [6.07, 6.45) is 2.11. The van der Waals surface area contributed by atoms with Crippen molar-refractivity contribution < 1.29 is 18.0 Å². The van der Waals surface area contributed by atoms with E-state index in [2.05, 4.69) is 5.32 Å². The highest BCUT2D eigenvalue weighted by Gasteiger charge is 2.32. The molecule has 0 bridgehead atoms. The summed E-state index contributed by atoms with van der Waals surface area (Å²) in [4.78, 5) is 27.9. The van der Waals surface area contributed by atoms with E-state index in [4.69, 9.17) is 23.2 Å². The number of sulfonamides is 1. The zero-order chi connectivity index (χ0) is 25.5. The van der Waals surface area contributed by atoms with Crippen molar-refractivity contribution >= 4 is 50.7 Å². The van der Waals surface area contributed by atoms with Gasteiger partial charge >= 0.3 is 0 Å². The topological polar surface area (TPSA) is 86.8 Å². The largest absolute Gasteiger partial charge is 0.354 e. The molecule has 0 aromatic heterocycles. The van der Waals surface area contributed by atoms with Crippen molar-refractivity contribution in [3.05, 3.63) is 63.6 Å². The number of nitrogens with zero attached hydrogens (tertiary/aromatic N) is 2. The van der Waals surface area contributed by atoms with Crippen molar-refractivity contribution in [1.82, 2.24) is 10.2 Å². The van der Waals surface area contributed by atoms with Crippen molar-refractivity contribution in [2.24, 2.45) is 0 Å². The maximum Gasteiger partial charge on any atom is 0.244 e. The zero-order valence-corrected chi connectivity index (χ0v) is 22.2. The minimum atomic E-state index is -3.79. The summed E-state index contributed by atoms with van der Waals surface area (Å²) >= 11 is 12.7. The quantitative estimate of drug-likeness (QED) is 0.469.